The Morgan fingerprint density at radius 1 is 0.900 bits per heavy atom. The van der Waals surface area contributed by atoms with Gasteiger partial charge in [0.05, 0.1) is 0 Å². The molecule has 0 amide bonds. The summed E-state index contributed by atoms with van der Waals surface area (Å²) < 4.78 is 1.42. The molecule has 0 radical (unpaired) electrons. The van der Waals surface area contributed by atoms with E-state index in [1.807, 2.05) is 0 Å². The third-order valence-corrected chi connectivity index (χ3v) is 10.5. The second-order valence-electron chi connectivity index (χ2n) is 11.3. The van der Waals surface area contributed by atoms with Crippen LogP contribution in [-0.2, 0) is 30.7 Å². The van der Waals surface area contributed by atoms with Crippen molar-refractivity contribution in [3.63, 3.8) is 0 Å². The molecular formula is C39H39Zr-. The van der Waals surface area contributed by atoms with Crippen molar-refractivity contribution in [1.82, 2.24) is 0 Å². The van der Waals surface area contributed by atoms with E-state index in [0.717, 1.165) is 19.3 Å². The average molecular weight is 599 g/mol. The molecule has 1 heteroatoms. The number of rotatable bonds is 5. The van der Waals surface area contributed by atoms with Gasteiger partial charge in [-0.15, -0.1) is 33.7 Å². The van der Waals surface area contributed by atoms with Crippen LogP contribution in [0.25, 0.3) is 11.6 Å². The summed E-state index contributed by atoms with van der Waals surface area (Å²) in [7, 11) is 0. The van der Waals surface area contributed by atoms with Crippen molar-refractivity contribution in [1.29, 1.82) is 0 Å². The van der Waals surface area contributed by atoms with Crippen LogP contribution in [0.2, 0.25) is 0 Å². The van der Waals surface area contributed by atoms with Crippen molar-refractivity contribution in [2.24, 2.45) is 5.41 Å². The van der Waals surface area contributed by atoms with Gasteiger partial charge in [-0.2, -0.15) is 0 Å². The van der Waals surface area contributed by atoms with Gasteiger partial charge in [-0.3, -0.25) is 0 Å². The second kappa shape index (κ2) is 11.9. The van der Waals surface area contributed by atoms with Crippen LogP contribution in [0.3, 0.4) is 0 Å². The van der Waals surface area contributed by atoms with Crippen molar-refractivity contribution in [2.45, 2.75) is 60.8 Å². The molecule has 0 nitrogen and oxygen atoms in total. The molecule has 40 heavy (non-hydrogen) atoms. The van der Waals surface area contributed by atoms with Crippen molar-refractivity contribution >= 4 is 14.9 Å². The Balaban J connectivity index is 0.000000194. The summed E-state index contributed by atoms with van der Waals surface area (Å²) in [6.07, 6.45) is 13.9. The molecule has 3 aromatic rings. The van der Waals surface area contributed by atoms with E-state index in [9.17, 15) is 0 Å². The first-order valence-corrected chi connectivity index (χ1v) is 15.8. The molecular weight excluding hydrogens is 560 g/mol. The predicted molar refractivity (Wildman–Crippen MR) is 168 cm³/mol. The van der Waals surface area contributed by atoms with Gasteiger partial charge in [-0.1, -0.05) is 78.5 Å². The molecule has 1 atom stereocenters. The van der Waals surface area contributed by atoms with Crippen LogP contribution in [-0.4, -0.2) is 3.21 Å². The molecule has 0 fully saturated rings. The molecule has 0 saturated carbocycles. The zero-order chi connectivity index (χ0) is 28.4. The number of fused-ring (bicyclic) bond motifs is 2. The summed E-state index contributed by atoms with van der Waals surface area (Å²) in [6.45, 7) is 13.9. The average Bonchev–Trinajstić information content (AvgIpc) is 3.65. The summed E-state index contributed by atoms with van der Waals surface area (Å²) >= 11 is 1.46. The first-order valence-electron chi connectivity index (χ1n) is 14.6. The Morgan fingerprint density at radius 3 is 2.05 bits per heavy atom. The van der Waals surface area contributed by atoms with Crippen molar-refractivity contribution < 1.29 is 24.2 Å². The summed E-state index contributed by atoms with van der Waals surface area (Å²) in [4.78, 5) is 0. The predicted octanol–water partition coefficient (Wildman–Crippen LogP) is 8.13. The Labute approximate surface area is 255 Å². The SMILES string of the molecule is CCc1cc(C)c2c(c1)=[C-]C1=C(C3=CC=CC3)C(C)(CC)C(C)=C(C)C=21.[Zr]=[C](c1ccccc1)c1ccccc1. The molecule has 0 heterocycles. The van der Waals surface area contributed by atoms with Crippen LogP contribution in [0.15, 0.2) is 119 Å². The molecule has 200 valence electrons. The second-order valence-corrected chi connectivity index (χ2v) is 12.5. The number of aryl methyl sites for hydroxylation is 2. The standard InChI is InChI=1S/C26H29.C13H10.Zr/c1-7-19-13-16(3)23-21(14-19)15-22-24(23)17(4)18(5)26(6,8-2)25(22)20-11-9-10-12-20;1-3-7-12(8-4-1)11-13-9-5-2-6-10-13;/h9-11,13-14H,7-8,12H2,1-6H3;1-10H;/q-1;;. The molecule has 0 bridgehead atoms. The van der Waals surface area contributed by atoms with E-state index in [0.29, 0.717) is 0 Å². The van der Waals surface area contributed by atoms with Gasteiger partial charge in [0, 0.05) is 0 Å². The first kappa shape index (κ1) is 28.6. The molecule has 3 aliphatic carbocycles. The maximum atomic E-state index is 3.86. The van der Waals surface area contributed by atoms with Gasteiger partial charge in [0.1, 0.15) is 0 Å². The van der Waals surface area contributed by atoms with Crippen LogP contribution < -0.4 is 10.4 Å². The van der Waals surface area contributed by atoms with Gasteiger partial charge in [-0.05, 0) is 45.4 Å². The van der Waals surface area contributed by atoms with Gasteiger partial charge in [0.15, 0.2) is 0 Å². The number of benzene rings is 3. The van der Waals surface area contributed by atoms with Crippen LogP contribution >= 0.6 is 0 Å². The fourth-order valence-corrected chi connectivity index (χ4v) is 7.23. The van der Waals surface area contributed by atoms with Gasteiger partial charge in [0.2, 0.25) is 0 Å². The Kier molecular flexibility index (Phi) is 8.53. The van der Waals surface area contributed by atoms with Gasteiger partial charge >= 0.3 is 99.2 Å². The zero-order valence-electron chi connectivity index (χ0n) is 24.8. The monoisotopic (exact) mass is 597 g/mol. The van der Waals surface area contributed by atoms with Gasteiger partial charge < -0.3 is 0 Å². The van der Waals surface area contributed by atoms with Crippen LogP contribution in [0.5, 0.6) is 0 Å². The molecule has 0 aliphatic heterocycles. The van der Waals surface area contributed by atoms with Crippen molar-refractivity contribution in [3.05, 3.63) is 152 Å². The van der Waals surface area contributed by atoms with E-state index in [-0.39, 0.29) is 5.41 Å². The minimum atomic E-state index is 0.0945. The number of hydrogen-bond donors (Lipinski definition) is 0. The third kappa shape index (κ3) is 5.15. The molecule has 1 unspecified atom stereocenters. The van der Waals surface area contributed by atoms with Gasteiger partial charge in [-0.25, -0.2) is 0 Å². The van der Waals surface area contributed by atoms with E-state index in [1.165, 1.54) is 93.6 Å². The normalized spacial score (nSPS) is 19.0. The zero-order valence-corrected chi connectivity index (χ0v) is 27.2. The molecule has 3 aliphatic rings. The van der Waals surface area contributed by atoms with E-state index in [4.69, 9.17) is 0 Å². The van der Waals surface area contributed by atoms with Crippen molar-refractivity contribution in [3.8, 4) is 0 Å². The minimum absolute atomic E-state index is 0.0945. The topological polar surface area (TPSA) is 0 Å². The fraction of sp³-hybridized carbons (Fsp3) is 0.256. The Bertz CT molecular complexity index is 1670. The number of allylic oxidation sites excluding steroid dienone is 8. The maximum absolute atomic E-state index is 3.86. The van der Waals surface area contributed by atoms with Crippen LogP contribution in [0.4, 0.5) is 0 Å². The van der Waals surface area contributed by atoms with Crippen molar-refractivity contribution in [2.75, 3.05) is 0 Å². The summed E-state index contributed by atoms with van der Waals surface area (Å²) in [5.41, 5.74) is 14.3. The number of hydrogen-bond acceptors (Lipinski definition) is 0. The molecule has 0 spiro atoms. The molecule has 0 N–H and O–H groups in total. The van der Waals surface area contributed by atoms with E-state index in [1.54, 1.807) is 0 Å². The van der Waals surface area contributed by atoms with Crippen LogP contribution in [0.1, 0.15) is 69.7 Å². The molecule has 0 aromatic heterocycles. The summed E-state index contributed by atoms with van der Waals surface area (Å²) in [5.74, 6) is 0. The summed E-state index contributed by atoms with van der Waals surface area (Å²) in [5, 5.41) is 2.71. The Hall–Kier alpha value is -2.89. The Morgan fingerprint density at radius 2 is 1.52 bits per heavy atom. The van der Waals surface area contributed by atoms with E-state index in [2.05, 4.69) is 139 Å². The molecule has 6 rings (SSSR count). The quantitative estimate of drug-likeness (QED) is 0.260. The van der Waals surface area contributed by atoms with Gasteiger partial charge in [0.25, 0.3) is 0 Å². The fourth-order valence-electron chi connectivity index (χ4n) is 6.41. The van der Waals surface area contributed by atoms with E-state index < -0.39 is 0 Å². The molecule has 0 saturated heterocycles. The first-order chi connectivity index (χ1) is 19.3. The summed E-state index contributed by atoms with van der Waals surface area (Å²) in [6, 6.07) is 25.8. The third-order valence-electron chi connectivity index (χ3n) is 9.05. The van der Waals surface area contributed by atoms with Crippen LogP contribution in [0, 0.1) is 12.3 Å². The molecule has 3 aromatic carbocycles. The van der Waals surface area contributed by atoms with E-state index >= 15 is 0 Å².